The van der Waals surface area contributed by atoms with Crippen LogP contribution >= 0.6 is 0 Å². The lowest BCUT2D eigenvalue weighted by atomic mass is 9.90. The van der Waals surface area contributed by atoms with Gasteiger partial charge in [0.15, 0.2) is 0 Å². The third kappa shape index (κ3) is 4.27. The summed E-state index contributed by atoms with van der Waals surface area (Å²) in [5, 5.41) is 13.1. The van der Waals surface area contributed by atoms with Crippen molar-refractivity contribution in [2.75, 3.05) is 13.7 Å². The molecule has 0 radical (unpaired) electrons. The molecule has 0 heterocycles. The van der Waals surface area contributed by atoms with Gasteiger partial charge in [-0.2, -0.15) is 0 Å². The molecule has 0 fully saturated rings. The van der Waals surface area contributed by atoms with E-state index in [1.807, 2.05) is 6.07 Å². The normalized spacial score (nSPS) is 11.5. The van der Waals surface area contributed by atoms with Gasteiger partial charge in [-0.05, 0) is 30.0 Å². The molecule has 0 saturated heterocycles. The Morgan fingerprint density at radius 3 is 2.65 bits per heavy atom. The van der Waals surface area contributed by atoms with Crippen LogP contribution in [0.1, 0.15) is 32.8 Å². The van der Waals surface area contributed by atoms with Crippen molar-refractivity contribution in [2.45, 2.75) is 33.7 Å². The molecule has 3 nitrogen and oxygen atoms in total. The first-order chi connectivity index (χ1) is 7.98. The van der Waals surface area contributed by atoms with Crippen LogP contribution in [-0.4, -0.2) is 18.8 Å². The molecule has 0 atom stereocenters. The number of methoxy groups -OCH3 is 1. The molecular formula is C14H23NO2. The summed E-state index contributed by atoms with van der Waals surface area (Å²) >= 11 is 0. The molecule has 0 saturated carbocycles. The monoisotopic (exact) mass is 237 g/mol. The van der Waals surface area contributed by atoms with Crippen LogP contribution in [0, 0.1) is 5.41 Å². The predicted molar refractivity (Wildman–Crippen MR) is 70.4 cm³/mol. The first-order valence-electron chi connectivity index (χ1n) is 6.05. The molecule has 2 N–H and O–H groups in total. The number of ether oxygens (including phenoxy) is 1. The van der Waals surface area contributed by atoms with Gasteiger partial charge in [-0.15, -0.1) is 0 Å². The molecule has 1 rings (SSSR count). The second-order valence-electron chi connectivity index (χ2n) is 5.12. The van der Waals surface area contributed by atoms with Crippen molar-refractivity contribution in [1.82, 2.24) is 5.32 Å². The van der Waals surface area contributed by atoms with Gasteiger partial charge >= 0.3 is 0 Å². The topological polar surface area (TPSA) is 41.5 Å². The summed E-state index contributed by atoms with van der Waals surface area (Å²) in [6.07, 6.45) is 1.13. The maximum atomic E-state index is 9.72. The van der Waals surface area contributed by atoms with Crippen LogP contribution in [0.3, 0.4) is 0 Å². The van der Waals surface area contributed by atoms with E-state index >= 15 is 0 Å². The van der Waals surface area contributed by atoms with E-state index in [9.17, 15) is 5.11 Å². The largest absolute Gasteiger partial charge is 0.508 e. The van der Waals surface area contributed by atoms with Crippen LogP contribution in [0.25, 0.3) is 0 Å². The zero-order chi connectivity index (χ0) is 12.9. The highest BCUT2D eigenvalue weighted by Gasteiger charge is 2.14. The summed E-state index contributed by atoms with van der Waals surface area (Å²) in [6.45, 7) is 8.23. The highest BCUT2D eigenvalue weighted by molar-refractivity contribution is 5.39. The quantitative estimate of drug-likeness (QED) is 0.799. The molecule has 0 aliphatic heterocycles. The molecule has 0 spiro atoms. The van der Waals surface area contributed by atoms with Crippen molar-refractivity contribution in [3.05, 3.63) is 23.8 Å². The fraction of sp³-hybridized carbons (Fsp3) is 0.571. The Kier molecular flexibility index (Phi) is 4.82. The van der Waals surface area contributed by atoms with Gasteiger partial charge in [-0.25, -0.2) is 0 Å². The Balaban J connectivity index is 2.57. The molecule has 0 unspecified atom stereocenters. The number of phenolic OH excluding ortho intramolecular Hbond substituents is 1. The van der Waals surface area contributed by atoms with Crippen molar-refractivity contribution < 1.29 is 9.84 Å². The summed E-state index contributed by atoms with van der Waals surface area (Å²) in [6, 6.07) is 5.29. The smallest absolute Gasteiger partial charge is 0.120 e. The van der Waals surface area contributed by atoms with Gasteiger partial charge in [0.2, 0.25) is 0 Å². The number of phenols is 1. The van der Waals surface area contributed by atoms with Crippen LogP contribution in [-0.2, 0) is 6.54 Å². The van der Waals surface area contributed by atoms with Gasteiger partial charge in [0.05, 0.1) is 7.11 Å². The number of hydrogen-bond acceptors (Lipinski definition) is 3. The van der Waals surface area contributed by atoms with Crippen molar-refractivity contribution in [2.24, 2.45) is 5.41 Å². The predicted octanol–water partition coefficient (Wildman–Crippen LogP) is 2.93. The van der Waals surface area contributed by atoms with E-state index in [0.717, 1.165) is 24.3 Å². The fourth-order valence-electron chi connectivity index (χ4n) is 1.49. The average Bonchev–Trinajstić information content (AvgIpc) is 2.31. The van der Waals surface area contributed by atoms with Crippen LogP contribution < -0.4 is 10.1 Å². The first kappa shape index (κ1) is 13.8. The number of aromatic hydroxyl groups is 1. The third-order valence-corrected chi connectivity index (χ3v) is 3.16. The first-order valence-corrected chi connectivity index (χ1v) is 6.05. The number of rotatable bonds is 6. The minimum Gasteiger partial charge on any atom is -0.508 e. The fourth-order valence-corrected chi connectivity index (χ4v) is 1.49. The molecule has 3 heteroatoms. The Morgan fingerprint density at radius 1 is 1.35 bits per heavy atom. The van der Waals surface area contributed by atoms with Crippen molar-refractivity contribution >= 4 is 0 Å². The second-order valence-corrected chi connectivity index (χ2v) is 5.12. The van der Waals surface area contributed by atoms with Crippen LogP contribution in [0.2, 0.25) is 0 Å². The zero-order valence-corrected chi connectivity index (χ0v) is 11.2. The summed E-state index contributed by atoms with van der Waals surface area (Å²) in [7, 11) is 1.63. The second kappa shape index (κ2) is 5.92. The van der Waals surface area contributed by atoms with Crippen molar-refractivity contribution in [1.29, 1.82) is 0 Å². The van der Waals surface area contributed by atoms with Crippen LogP contribution in [0.5, 0.6) is 11.5 Å². The van der Waals surface area contributed by atoms with E-state index in [2.05, 4.69) is 26.1 Å². The van der Waals surface area contributed by atoms with Gasteiger partial charge in [0.25, 0.3) is 0 Å². The summed E-state index contributed by atoms with van der Waals surface area (Å²) in [5.41, 5.74) is 1.16. The maximum absolute atomic E-state index is 9.72. The van der Waals surface area contributed by atoms with Gasteiger partial charge in [0.1, 0.15) is 11.5 Å². The molecular weight excluding hydrogens is 214 g/mol. The van der Waals surface area contributed by atoms with Gasteiger partial charge in [-0.1, -0.05) is 20.8 Å². The highest BCUT2D eigenvalue weighted by Crippen LogP contribution is 2.23. The van der Waals surface area contributed by atoms with Gasteiger partial charge in [-0.3, -0.25) is 0 Å². The van der Waals surface area contributed by atoms with Crippen LogP contribution in [0.4, 0.5) is 0 Å². The molecule has 0 aliphatic rings. The van der Waals surface area contributed by atoms with E-state index in [-0.39, 0.29) is 5.41 Å². The average molecular weight is 237 g/mol. The molecule has 1 aromatic rings. The lowest BCUT2D eigenvalue weighted by Crippen LogP contribution is -2.28. The van der Waals surface area contributed by atoms with Crippen LogP contribution in [0.15, 0.2) is 18.2 Å². The summed E-state index contributed by atoms with van der Waals surface area (Å²) in [5.74, 6) is 1.09. The van der Waals surface area contributed by atoms with E-state index in [4.69, 9.17) is 4.74 Å². The molecule has 0 aliphatic carbocycles. The standard InChI is InChI=1S/C14H23NO2/c1-5-14(2,3)10-15-9-11-8-12(17-4)6-7-13(11)16/h6-8,15-16H,5,9-10H2,1-4H3. The Labute approximate surface area is 104 Å². The molecule has 0 bridgehead atoms. The van der Waals surface area contributed by atoms with Gasteiger partial charge < -0.3 is 15.2 Å². The zero-order valence-electron chi connectivity index (χ0n) is 11.2. The van der Waals surface area contributed by atoms with E-state index < -0.39 is 0 Å². The Morgan fingerprint density at radius 2 is 2.06 bits per heavy atom. The molecule has 1 aromatic carbocycles. The van der Waals surface area contributed by atoms with E-state index in [0.29, 0.717) is 12.3 Å². The Hall–Kier alpha value is -1.22. The summed E-state index contributed by atoms with van der Waals surface area (Å²) < 4.78 is 5.14. The highest BCUT2D eigenvalue weighted by atomic mass is 16.5. The minimum absolute atomic E-state index is 0.286. The number of hydrogen-bond donors (Lipinski definition) is 2. The molecule has 0 amide bonds. The molecule has 17 heavy (non-hydrogen) atoms. The molecule has 96 valence electrons. The van der Waals surface area contributed by atoms with Crippen molar-refractivity contribution in [3.63, 3.8) is 0 Å². The Bertz CT molecular complexity index is 361. The van der Waals surface area contributed by atoms with Crippen molar-refractivity contribution in [3.8, 4) is 11.5 Å². The number of nitrogens with one attached hydrogen (secondary N) is 1. The summed E-state index contributed by atoms with van der Waals surface area (Å²) in [4.78, 5) is 0. The number of benzene rings is 1. The lowest BCUT2D eigenvalue weighted by molar-refractivity contribution is 0.326. The van der Waals surface area contributed by atoms with E-state index in [1.165, 1.54) is 0 Å². The minimum atomic E-state index is 0.286. The maximum Gasteiger partial charge on any atom is 0.120 e. The van der Waals surface area contributed by atoms with Gasteiger partial charge in [0, 0.05) is 18.7 Å². The van der Waals surface area contributed by atoms with E-state index in [1.54, 1.807) is 19.2 Å². The lowest BCUT2D eigenvalue weighted by Gasteiger charge is -2.23. The molecule has 0 aromatic heterocycles. The third-order valence-electron chi connectivity index (χ3n) is 3.16. The SMILES string of the molecule is CCC(C)(C)CNCc1cc(OC)ccc1O.